The van der Waals surface area contributed by atoms with E-state index in [4.69, 9.17) is 31.5 Å². The van der Waals surface area contributed by atoms with E-state index in [0.29, 0.717) is 40.4 Å². The van der Waals surface area contributed by atoms with Crippen LogP contribution in [0.2, 0.25) is 5.02 Å². The molecule has 0 aromatic heterocycles. The zero-order valence-corrected chi connectivity index (χ0v) is 21.6. The number of anilines is 2. The maximum absolute atomic E-state index is 12.5. The molecule has 3 rings (SSSR count). The van der Waals surface area contributed by atoms with E-state index in [-0.39, 0.29) is 11.3 Å². The van der Waals surface area contributed by atoms with Crippen LogP contribution in [0.25, 0.3) is 0 Å². The van der Waals surface area contributed by atoms with E-state index >= 15 is 0 Å². The standard InChI is InChI=1S/C25H34ClN3O4S/c1-31-21-14-18(15-22(32-2)23(21)33-3)29-25(30)28-11-12-34-24(16-7-5-4-6-8-16)19-13-17(26)9-10-20(19)27/h9-10,13-16,24H,4-8,11-12,27H2,1-3H3,(H2,28,29,30). The molecule has 0 aliphatic heterocycles. The number of carbonyl (C=O) groups excluding carboxylic acids is 1. The summed E-state index contributed by atoms with van der Waals surface area (Å²) >= 11 is 8.12. The first-order chi connectivity index (χ1) is 16.5. The van der Waals surface area contributed by atoms with Gasteiger partial charge in [0.15, 0.2) is 11.5 Å². The molecule has 9 heteroatoms. The van der Waals surface area contributed by atoms with Crippen molar-refractivity contribution in [2.24, 2.45) is 5.92 Å². The van der Waals surface area contributed by atoms with Gasteiger partial charge in [-0.15, -0.1) is 0 Å². The Morgan fingerprint density at radius 1 is 1.09 bits per heavy atom. The summed E-state index contributed by atoms with van der Waals surface area (Å²) < 4.78 is 16.0. The zero-order chi connectivity index (χ0) is 24.5. The summed E-state index contributed by atoms with van der Waals surface area (Å²) in [6.45, 7) is 0.518. The SMILES string of the molecule is COc1cc(NC(=O)NCCSC(c2cc(Cl)ccc2N)C2CCCCC2)cc(OC)c1OC. The molecule has 0 spiro atoms. The van der Waals surface area contributed by atoms with Crippen LogP contribution in [0.1, 0.15) is 42.9 Å². The number of benzene rings is 2. The molecule has 1 aliphatic rings. The van der Waals surface area contributed by atoms with Crippen LogP contribution in [0, 0.1) is 5.92 Å². The molecule has 1 atom stereocenters. The summed E-state index contributed by atoms with van der Waals surface area (Å²) in [5.74, 6) is 2.74. The predicted molar refractivity (Wildman–Crippen MR) is 141 cm³/mol. The minimum atomic E-state index is -0.300. The second-order valence-corrected chi connectivity index (χ2v) is 9.94. The molecule has 1 fully saturated rings. The second-order valence-electron chi connectivity index (χ2n) is 8.26. The number of hydrogen-bond acceptors (Lipinski definition) is 6. The molecule has 34 heavy (non-hydrogen) atoms. The van der Waals surface area contributed by atoms with E-state index in [1.807, 2.05) is 30.0 Å². The molecule has 2 aromatic rings. The zero-order valence-electron chi connectivity index (χ0n) is 20.0. The fourth-order valence-corrected chi connectivity index (χ4v) is 5.97. The lowest BCUT2D eigenvalue weighted by atomic mass is 9.84. The van der Waals surface area contributed by atoms with Crippen molar-refractivity contribution in [1.82, 2.24) is 5.32 Å². The van der Waals surface area contributed by atoms with Gasteiger partial charge in [-0.3, -0.25) is 0 Å². The average molecular weight is 508 g/mol. The van der Waals surface area contributed by atoms with Crippen LogP contribution < -0.4 is 30.6 Å². The van der Waals surface area contributed by atoms with Crippen molar-refractivity contribution in [3.63, 3.8) is 0 Å². The van der Waals surface area contributed by atoms with E-state index in [1.165, 1.54) is 53.4 Å². The third kappa shape index (κ3) is 6.79. The lowest BCUT2D eigenvalue weighted by Crippen LogP contribution is -2.31. The minimum Gasteiger partial charge on any atom is -0.493 e. The van der Waals surface area contributed by atoms with Gasteiger partial charge in [0.1, 0.15) is 0 Å². The van der Waals surface area contributed by atoms with Crippen molar-refractivity contribution in [3.05, 3.63) is 40.9 Å². The van der Waals surface area contributed by atoms with Gasteiger partial charge in [-0.1, -0.05) is 30.9 Å². The van der Waals surface area contributed by atoms with Gasteiger partial charge < -0.3 is 30.6 Å². The molecule has 2 aromatic carbocycles. The maximum atomic E-state index is 12.5. The molecule has 1 saturated carbocycles. The number of nitrogen functional groups attached to an aromatic ring is 1. The Hall–Kier alpha value is -2.45. The Balaban J connectivity index is 1.59. The van der Waals surface area contributed by atoms with Gasteiger partial charge in [-0.05, 0) is 42.5 Å². The number of carbonyl (C=O) groups is 1. The largest absolute Gasteiger partial charge is 0.493 e. The highest BCUT2D eigenvalue weighted by Gasteiger charge is 2.27. The Kier molecular flexibility index (Phi) is 9.89. The number of ether oxygens (including phenoxy) is 3. The first kappa shape index (κ1) is 26.2. The highest BCUT2D eigenvalue weighted by Crippen LogP contribution is 2.45. The van der Waals surface area contributed by atoms with E-state index in [0.717, 1.165) is 17.0 Å². The van der Waals surface area contributed by atoms with Gasteiger partial charge in [0.25, 0.3) is 0 Å². The Morgan fingerprint density at radius 2 is 1.76 bits per heavy atom. The van der Waals surface area contributed by atoms with E-state index < -0.39 is 0 Å². The van der Waals surface area contributed by atoms with Crippen LogP contribution in [-0.4, -0.2) is 39.7 Å². The minimum absolute atomic E-state index is 0.263. The first-order valence-corrected chi connectivity index (χ1v) is 12.9. The summed E-state index contributed by atoms with van der Waals surface area (Å²) in [6.07, 6.45) is 6.17. The van der Waals surface area contributed by atoms with E-state index in [1.54, 1.807) is 12.1 Å². The molecule has 4 N–H and O–H groups in total. The highest BCUT2D eigenvalue weighted by molar-refractivity contribution is 7.99. The monoisotopic (exact) mass is 507 g/mol. The van der Waals surface area contributed by atoms with Crippen molar-refractivity contribution in [2.45, 2.75) is 37.4 Å². The number of thioether (sulfide) groups is 1. The molecule has 2 amide bonds. The quantitative estimate of drug-likeness (QED) is 0.265. The number of methoxy groups -OCH3 is 3. The molecule has 0 saturated heterocycles. The predicted octanol–water partition coefficient (Wildman–Crippen LogP) is 6.12. The molecular weight excluding hydrogens is 474 g/mol. The third-order valence-electron chi connectivity index (χ3n) is 6.04. The van der Waals surface area contributed by atoms with Crippen molar-refractivity contribution < 1.29 is 19.0 Å². The van der Waals surface area contributed by atoms with Crippen LogP contribution in [-0.2, 0) is 0 Å². The molecule has 0 bridgehead atoms. The lowest BCUT2D eigenvalue weighted by molar-refractivity contribution is 0.252. The smallest absolute Gasteiger partial charge is 0.319 e. The molecule has 186 valence electrons. The highest BCUT2D eigenvalue weighted by atomic mass is 35.5. The van der Waals surface area contributed by atoms with E-state index in [2.05, 4.69) is 10.6 Å². The second kappa shape index (κ2) is 12.9. The Morgan fingerprint density at radius 3 is 2.38 bits per heavy atom. The van der Waals surface area contributed by atoms with Crippen LogP contribution in [0.4, 0.5) is 16.2 Å². The summed E-state index contributed by atoms with van der Waals surface area (Å²) in [5.41, 5.74) is 8.75. The van der Waals surface area contributed by atoms with Crippen molar-refractivity contribution in [1.29, 1.82) is 0 Å². The summed E-state index contributed by atoms with van der Waals surface area (Å²) in [6, 6.07) is 8.79. The molecule has 0 heterocycles. The fraction of sp³-hybridized carbons (Fsp3) is 0.480. The fourth-order valence-electron chi connectivity index (χ4n) is 4.39. The van der Waals surface area contributed by atoms with Crippen molar-refractivity contribution in [2.75, 3.05) is 44.7 Å². The van der Waals surface area contributed by atoms with Crippen LogP contribution in [0.5, 0.6) is 17.2 Å². The lowest BCUT2D eigenvalue weighted by Gasteiger charge is -2.31. The summed E-state index contributed by atoms with van der Waals surface area (Å²) in [7, 11) is 4.61. The molecular formula is C25H34ClN3O4S. The third-order valence-corrected chi connectivity index (χ3v) is 7.71. The van der Waals surface area contributed by atoms with Crippen LogP contribution >= 0.6 is 23.4 Å². The molecule has 1 unspecified atom stereocenters. The number of amides is 2. The number of rotatable bonds is 10. The maximum Gasteiger partial charge on any atom is 0.319 e. The van der Waals surface area contributed by atoms with Gasteiger partial charge in [0.05, 0.1) is 27.0 Å². The topological polar surface area (TPSA) is 94.8 Å². The first-order valence-electron chi connectivity index (χ1n) is 11.5. The molecule has 1 aliphatic carbocycles. The van der Waals surface area contributed by atoms with Gasteiger partial charge in [0, 0.05) is 40.4 Å². The van der Waals surface area contributed by atoms with Gasteiger partial charge >= 0.3 is 6.03 Å². The number of halogens is 1. The van der Waals surface area contributed by atoms with Crippen molar-refractivity contribution in [3.8, 4) is 17.2 Å². The Labute approximate surface area is 211 Å². The van der Waals surface area contributed by atoms with Gasteiger partial charge in [0.2, 0.25) is 5.75 Å². The number of nitrogens with two attached hydrogens (primary N) is 1. The van der Waals surface area contributed by atoms with Crippen molar-refractivity contribution >= 4 is 40.8 Å². The van der Waals surface area contributed by atoms with Gasteiger partial charge in [-0.25, -0.2) is 4.79 Å². The average Bonchev–Trinajstić information content (AvgIpc) is 2.85. The normalized spacial score (nSPS) is 14.8. The number of hydrogen-bond donors (Lipinski definition) is 3. The van der Waals surface area contributed by atoms with Crippen LogP contribution in [0.15, 0.2) is 30.3 Å². The molecule has 0 radical (unpaired) electrons. The van der Waals surface area contributed by atoms with E-state index in [9.17, 15) is 4.79 Å². The molecule has 7 nitrogen and oxygen atoms in total. The summed E-state index contributed by atoms with van der Waals surface area (Å²) in [4.78, 5) is 12.5. The van der Waals surface area contributed by atoms with Gasteiger partial charge in [-0.2, -0.15) is 11.8 Å². The summed E-state index contributed by atoms with van der Waals surface area (Å²) in [5, 5.41) is 6.72. The number of urea groups is 1. The Bertz CT molecular complexity index is 944. The van der Waals surface area contributed by atoms with Crippen LogP contribution in [0.3, 0.4) is 0 Å². The number of nitrogens with one attached hydrogen (secondary N) is 2.